The second kappa shape index (κ2) is 10.5. The summed E-state index contributed by atoms with van der Waals surface area (Å²) in [5.41, 5.74) is 6.43. The highest BCUT2D eigenvalue weighted by molar-refractivity contribution is 5.94. The molecule has 0 aromatic heterocycles. The van der Waals surface area contributed by atoms with Crippen LogP contribution in [0.3, 0.4) is 0 Å². The fourth-order valence-electron chi connectivity index (χ4n) is 4.82. The van der Waals surface area contributed by atoms with Crippen LogP contribution in [0.5, 0.6) is 0 Å². The van der Waals surface area contributed by atoms with E-state index in [1.807, 2.05) is 37.3 Å². The van der Waals surface area contributed by atoms with E-state index in [9.17, 15) is 22.8 Å². The van der Waals surface area contributed by atoms with Crippen LogP contribution in [0.4, 0.5) is 18.0 Å². The third-order valence-corrected chi connectivity index (χ3v) is 6.98. The van der Waals surface area contributed by atoms with Crippen LogP contribution in [0.25, 0.3) is 0 Å². The smallest absolute Gasteiger partial charge is 0.404 e. The third kappa shape index (κ3) is 5.72. The van der Waals surface area contributed by atoms with Gasteiger partial charge in [0.15, 0.2) is 0 Å². The van der Waals surface area contributed by atoms with Gasteiger partial charge >= 0.3 is 12.3 Å². The first-order valence-corrected chi connectivity index (χ1v) is 11.5. The average Bonchev–Trinajstić information content (AvgIpc) is 2.83. The number of alkyl halides is 3. The first kappa shape index (κ1) is 25.6. The van der Waals surface area contributed by atoms with E-state index in [0.29, 0.717) is 37.8 Å². The molecule has 1 aliphatic carbocycles. The molecular formula is C26H31F3N2O3. The summed E-state index contributed by atoms with van der Waals surface area (Å²) in [6.07, 6.45) is -2.31. The second-order valence-corrected chi connectivity index (χ2v) is 8.96. The van der Waals surface area contributed by atoms with Crippen LogP contribution < -0.4 is 5.73 Å². The predicted octanol–water partition coefficient (Wildman–Crippen LogP) is 5.79. The minimum atomic E-state index is -4.33. The van der Waals surface area contributed by atoms with Crippen LogP contribution >= 0.6 is 0 Å². The molecule has 5 nitrogen and oxygen atoms in total. The van der Waals surface area contributed by atoms with Gasteiger partial charge in [-0.25, -0.2) is 4.79 Å². The van der Waals surface area contributed by atoms with Gasteiger partial charge < -0.3 is 15.4 Å². The quantitative estimate of drug-likeness (QED) is 0.550. The normalized spacial score (nSPS) is 21.5. The van der Waals surface area contributed by atoms with E-state index in [1.54, 1.807) is 4.90 Å². The maximum Gasteiger partial charge on any atom is 0.404 e. The van der Waals surface area contributed by atoms with Crippen molar-refractivity contribution in [2.24, 2.45) is 5.73 Å². The van der Waals surface area contributed by atoms with E-state index in [-0.39, 0.29) is 29.5 Å². The molecule has 2 aromatic carbocycles. The van der Waals surface area contributed by atoms with E-state index in [4.69, 9.17) is 10.5 Å². The largest absolute Gasteiger partial charge is 0.449 e. The van der Waals surface area contributed by atoms with Crippen LogP contribution in [0.2, 0.25) is 0 Å². The van der Waals surface area contributed by atoms with Crippen LogP contribution in [-0.4, -0.2) is 42.3 Å². The van der Waals surface area contributed by atoms with Gasteiger partial charge in [0, 0.05) is 23.6 Å². The number of halogens is 3. The zero-order valence-electron chi connectivity index (χ0n) is 19.5. The van der Waals surface area contributed by atoms with Crippen molar-refractivity contribution in [2.75, 3.05) is 13.2 Å². The van der Waals surface area contributed by atoms with Crippen LogP contribution in [0, 0.1) is 0 Å². The van der Waals surface area contributed by atoms with E-state index in [0.717, 1.165) is 12.5 Å². The zero-order chi connectivity index (χ0) is 24.9. The number of nitrogens with zero attached hydrogens (tertiary/aromatic N) is 1. The molecule has 3 rings (SSSR count). The van der Waals surface area contributed by atoms with Gasteiger partial charge in [0.05, 0.1) is 5.92 Å². The Morgan fingerprint density at radius 1 is 1.09 bits per heavy atom. The number of benzene rings is 2. The van der Waals surface area contributed by atoms with Gasteiger partial charge in [-0.15, -0.1) is 0 Å². The molecular weight excluding hydrogens is 445 g/mol. The number of amides is 2. The molecule has 0 unspecified atom stereocenters. The molecule has 0 aliphatic heterocycles. The molecule has 0 radical (unpaired) electrons. The maximum atomic E-state index is 13.2. The molecule has 8 heteroatoms. The number of ether oxygens (including phenoxy) is 1. The standard InChI is InChI=1S/C26H31F3N2O3/c1-3-31(23(32)20-11-9-19(10-12-20)18(2)26(27,28)29)22-13-15-25(16-14-22,17-34-24(30)33)21-7-5-4-6-8-21/h4-12,18,22H,3,13-17H2,1-2H3,(H2,30,33)/t18-,22?,25?/m1/s1. The molecule has 184 valence electrons. The Bertz CT molecular complexity index is 969. The lowest BCUT2D eigenvalue weighted by Gasteiger charge is -2.43. The van der Waals surface area contributed by atoms with Gasteiger partial charge in [0.25, 0.3) is 5.91 Å². The van der Waals surface area contributed by atoms with Crippen LogP contribution in [0.1, 0.15) is 66.9 Å². The summed E-state index contributed by atoms with van der Waals surface area (Å²) in [5.74, 6) is -1.79. The highest BCUT2D eigenvalue weighted by Crippen LogP contribution is 2.41. The molecule has 2 amide bonds. The minimum absolute atomic E-state index is 0.0170. The number of rotatable bonds is 7. The Morgan fingerprint density at radius 3 is 2.18 bits per heavy atom. The van der Waals surface area contributed by atoms with E-state index < -0.39 is 18.2 Å². The van der Waals surface area contributed by atoms with E-state index in [2.05, 4.69) is 0 Å². The Kier molecular flexibility index (Phi) is 7.89. The lowest BCUT2D eigenvalue weighted by atomic mass is 9.68. The average molecular weight is 477 g/mol. The van der Waals surface area contributed by atoms with Gasteiger partial charge in [-0.05, 0) is 62.8 Å². The van der Waals surface area contributed by atoms with Crippen molar-refractivity contribution >= 4 is 12.0 Å². The number of hydrogen-bond acceptors (Lipinski definition) is 3. The van der Waals surface area contributed by atoms with Gasteiger partial charge in [-0.3, -0.25) is 4.79 Å². The van der Waals surface area contributed by atoms with Gasteiger partial charge in [-0.2, -0.15) is 13.2 Å². The van der Waals surface area contributed by atoms with Crippen molar-refractivity contribution in [1.82, 2.24) is 4.90 Å². The van der Waals surface area contributed by atoms with Crippen LogP contribution in [0.15, 0.2) is 54.6 Å². The number of primary amides is 1. The summed E-state index contributed by atoms with van der Waals surface area (Å²) >= 11 is 0. The Morgan fingerprint density at radius 2 is 1.68 bits per heavy atom. The maximum absolute atomic E-state index is 13.2. The summed E-state index contributed by atoms with van der Waals surface area (Å²) in [5, 5.41) is 0. The highest BCUT2D eigenvalue weighted by Gasteiger charge is 2.40. The number of carbonyl (C=O) groups excluding carboxylic acids is 2. The van der Waals surface area contributed by atoms with E-state index in [1.165, 1.54) is 24.3 Å². The molecule has 1 saturated carbocycles. The van der Waals surface area contributed by atoms with Crippen LogP contribution in [-0.2, 0) is 10.2 Å². The molecule has 1 atom stereocenters. The summed E-state index contributed by atoms with van der Waals surface area (Å²) in [6.45, 7) is 3.67. The van der Waals surface area contributed by atoms with Crippen molar-refractivity contribution in [2.45, 2.75) is 63.1 Å². The van der Waals surface area contributed by atoms with Crippen molar-refractivity contribution in [3.8, 4) is 0 Å². The number of carbonyl (C=O) groups is 2. The number of hydrogen-bond donors (Lipinski definition) is 1. The summed E-state index contributed by atoms with van der Waals surface area (Å²) < 4.78 is 44.2. The lowest BCUT2D eigenvalue weighted by Crippen LogP contribution is -2.47. The van der Waals surface area contributed by atoms with Crippen molar-refractivity contribution in [1.29, 1.82) is 0 Å². The van der Waals surface area contributed by atoms with Crippen molar-refractivity contribution < 1.29 is 27.5 Å². The molecule has 1 fully saturated rings. The summed E-state index contributed by atoms with van der Waals surface area (Å²) in [6, 6.07) is 15.5. The van der Waals surface area contributed by atoms with Gasteiger partial charge in [-0.1, -0.05) is 42.5 Å². The topological polar surface area (TPSA) is 72.6 Å². The molecule has 1 aliphatic rings. The SMILES string of the molecule is CCN(C(=O)c1ccc([C@@H](C)C(F)(F)F)cc1)C1CCC(COC(N)=O)(c2ccccc2)CC1. The molecule has 0 saturated heterocycles. The molecule has 2 N–H and O–H groups in total. The minimum Gasteiger partial charge on any atom is -0.449 e. The summed E-state index contributed by atoms with van der Waals surface area (Å²) in [4.78, 5) is 26.3. The molecule has 0 bridgehead atoms. The Balaban J connectivity index is 1.73. The second-order valence-electron chi connectivity index (χ2n) is 8.96. The monoisotopic (exact) mass is 476 g/mol. The lowest BCUT2D eigenvalue weighted by molar-refractivity contribution is -0.146. The molecule has 34 heavy (non-hydrogen) atoms. The van der Waals surface area contributed by atoms with Crippen molar-refractivity contribution in [3.63, 3.8) is 0 Å². The van der Waals surface area contributed by atoms with Gasteiger partial charge in [0.1, 0.15) is 6.61 Å². The van der Waals surface area contributed by atoms with Crippen molar-refractivity contribution in [3.05, 3.63) is 71.3 Å². The molecule has 2 aromatic rings. The third-order valence-electron chi connectivity index (χ3n) is 6.98. The summed E-state index contributed by atoms with van der Waals surface area (Å²) in [7, 11) is 0. The van der Waals surface area contributed by atoms with E-state index >= 15 is 0 Å². The highest BCUT2D eigenvalue weighted by atomic mass is 19.4. The fraction of sp³-hybridized carbons (Fsp3) is 0.462. The first-order valence-electron chi connectivity index (χ1n) is 11.5. The Labute approximate surface area is 198 Å². The molecule has 0 spiro atoms. The fourth-order valence-corrected chi connectivity index (χ4v) is 4.82. The predicted molar refractivity (Wildman–Crippen MR) is 124 cm³/mol. The first-order chi connectivity index (χ1) is 16.1. The Hall–Kier alpha value is -3.03. The molecule has 0 heterocycles. The number of nitrogens with two attached hydrogens (primary N) is 1. The zero-order valence-corrected chi connectivity index (χ0v) is 19.5. The van der Waals surface area contributed by atoms with Gasteiger partial charge in [0.2, 0.25) is 0 Å².